The summed E-state index contributed by atoms with van der Waals surface area (Å²) in [5.41, 5.74) is 0. The van der Waals surface area contributed by atoms with Crippen LogP contribution in [0.25, 0.3) is 0 Å². The molecule has 0 aromatic rings. The van der Waals surface area contributed by atoms with Gasteiger partial charge in [0.25, 0.3) is 0 Å². The van der Waals surface area contributed by atoms with Gasteiger partial charge >= 0.3 is 0 Å². The zero-order chi connectivity index (χ0) is 11.3. The quantitative estimate of drug-likeness (QED) is 0.504. The first-order valence-corrected chi connectivity index (χ1v) is 4.76. The molecule has 13 heavy (non-hydrogen) atoms. The largest absolute Gasteiger partial charge is 0.359 e. The first-order valence-electron chi connectivity index (χ1n) is 4.76. The standard InChI is InChI=1S/C6H13N3.2C2H6/c1-5-9(4)6(7-2)8-3;2*1-2/h5H,1H2,2-4H3,(H,7,8);2*1-2H3. The van der Waals surface area contributed by atoms with Crippen LogP contribution in [0.5, 0.6) is 0 Å². The van der Waals surface area contributed by atoms with Crippen LogP contribution in [-0.2, 0) is 0 Å². The minimum absolute atomic E-state index is 0.810. The maximum atomic E-state index is 3.94. The average Bonchev–Trinajstić information content (AvgIpc) is 2.25. The van der Waals surface area contributed by atoms with E-state index in [1.165, 1.54) is 0 Å². The lowest BCUT2D eigenvalue weighted by Gasteiger charge is -2.14. The van der Waals surface area contributed by atoms with Crippen LogP contribution in [0, 0.1) is 0 Å². The van der Waals surface area contributed by atoms with Crippen LogP contribution in [0.3, 0.4) is 0 Å². The Kier molecular flexibility index (Phi) is 23.7. The lowest BCUT2D eigenvalue weighted by atomic mass is 10.7. The zero-order valence-electron chi connectivity index (χ0n) is 10.2. The van der Waals surface area contributed by atoms with E-state index >= 15 is 0 Å². The topological polar surface area (TPSA) is 27.6 Å². The third-order valence-corrected chi connectivity index (χ3v) is 1.04. The van der Waals surface area contributed by atoms with E-state index in [4.69, 9.17) is 0 Å². The summed E-state index contributed by atoms with van der Waals surface area (Å²) in [7, 11) is 5.43. The summed E-state index contributed by atoms with van der Waals surface area (Å²) in [6, 6.07) is 0. The third-order valence-electron chi connectivity index (χ3n) is 1.04. The molecule has 0 heterocycles. The minimum atomic E-state index is 0.810. The molecule has 0 amide bonds. The Balaban J connectivity index is -0.000000218. The van der Waals surface area contributed by atoms with Crippen molar-refractivity contribution < 1.29 is 0 Å². The highest BCUT2D eigenvalue weighted by Gasteiger charge is 1.94. The van der Waals surface area contributed by atoms with E-state index in [1.54, 1.807) is 18.1 Å². The van der Waals surface area contributed by atoms with E-state index in [2.05, 4.69) is 16.9 Å². The van der Waals surface area contributed by atoms with Gasteiger partial charge in [-0.15, -0.1) is 0 Å². The molecule has 0 radical (unpaired) electrons. The van der Waals surface area contributed by atoms with Gasteiger partial charge in [0.1, 0.15) is 0 Å². The summed E-state index contributed by atoms with van der Waals surface area (Å²) in [5.74, 6) is 0.810. The monoisotopic (exact) mass is 187 g/mol. The Morgan fingerprint density at radius 2 is 1.69 bits per heavy atom. The van der Waals surface area contributed by atoms with Crippen molar-refractivity contribution in [1.82, 2.24) is 10.2 Å². The molecule has 0 fully saturated rings. The fourth-order valence-electron chi connectivity index (χ4n) is 0.532. The van der Waals surface area contributed by atoms with Gasteiger partial charge in [0.05, 0.1) is 0 Å². The predicted octanol–water partition coefficient (Wildman–Crippen LogP) is 2.32. The molecule has 0 aromatic carbocycles. The van der Waals surface area contributed by atoms with Crippen LogP contribution in [0.2, 0.25) is 0 Å². The Bertz CT molecular complexity index is 119. The molecule has 1 N–H and O–H groups in total. The molecule has 0 rings (SSSR count). The first kappa shape index (κ1) is 17.9. The van der Waals surface area contributed by atoms with E-state index in [-0.39, 0.29) is 0 Å². The fourth-order valence-corrected chi connectivity index (χ4v) is 0.532. The number of nitrogens with zero attached hydrogens (tertiary/aromatic N) is 2. The van der Waals surface area contributed by atoms with Gasteiger partial charge in [0, 0.05) is 21.1 Å². The lowest BCUT2D eigenvalue weighted by molar-refractivity contribution is 0.657. The van der Waals surface area contributed by atoms with Crippen molar-refractivity contribution in [1.29, 1.82) is 0 Å². The van der Waals surface area contributed by atoms with Crippen molar-refractivity contribution >= 4 is 5.96 Å². The molecular formula is C10H25N3. The second-order valence-electron chi connectivity index (χ2n) is 1.59. The van der Waals surface area contributed by atoms with Gasteiger partial charge in [-0.25, -0.2) is 0 Å². The summed E-state index contributed by atoms with van der Waals surface area (Å²) in [4.78, 5) is 5.74. The van der Waals surface area contributed by atoms with Crippen LogP contribution < -0.4 is 5.32 Å². The number of hydrogen-bond donors (Lipinski definition) is 1. The third kappa shape index (κ3) is 11.0. The second kappa shape index (κ2) is 17.2. The predicted molar refractivity (Wildman–Crippen MR) is 63.1 cm³/mol. The normalized spacial score (nSPS) is 8.38. The van der Waals surface area contributed by atoms with E-state index in [1.807, 2.05) is 41.8 Å². The van der Waals surface area contributed by atoms with Gasteiger partial charge in [0.15, 0.2) is 5.96 Å². The summed E-state index contributed by atoms with van der Waals surface area (Å²) in [6.07, 6.45) is 1.69. The number of nitrogens with one attached hydrogen (secondary N) is 1. The van der Waals surface area contributed by atoms with E-state index in [0.29, 0.717) is 0 Å². The SMILES string of the molecule is C=CN(C)C(=NC)NC.CC.CC. The van der Waals surface area contributed by atoms with Gasteiger partial charge < -0.3 is 10.2 Å². The molecule has 0 saturated carbocycles. The van der Waals surface area contributed by atoms with Crippen LogP contribution >= 0.6 is 0 Å². The average molecular weight is 187 g/mol. The Morgan fingerprint density at radius 1 is 1.31 bits per heavy atom. The Morgan fingerprint density at radius 3 is 1.77 bits per heavy atom. The highest BCUT2D eigenvalue weighted by Crippen LogP contribution is 1.81. The molecule has 0 spiro atoms. The fraction of sp³-hybridized carbons (Fsp3) is 0.700. The highest BCUT2D eigenvalue weighted by atomic mass is 15.3. The number of aliphatic imine (C=N–C) groups is 1. The summed E-state index contributed by atoms with van der Waals surface area (Å²) in [6.45, 7) is 11.6. The van der Waals surface area contributed by atoms with E-state index in [9.17, 15) is 0 Å². The molecule has 0 saturated heterocycles. The zero-order valence-corrected chi connectivity index (χ0v) is 10.2. The minimum Gasteiger partial charge on any atom is -0.359 e. The summed E-state index contributed by atoms with van der Waals surface area (Å²) >= 11 is 0. The van der Waals surface area contributed by atoms with Gasteiger partial charge in [-0.05, 0) is 6.20 Å². The van der Waals surface area contributed by atoms with Crippen molar-refractivity contribution in [3.63, 3.8) is 0 Å². The number of hydrogen-bond acceptors (Lipinski definition) is 1. The number of rotatable bonds is 1. The van der Waals surface area contributed by atoms with Crippen molar-refractivity contribution in [3.05, 3.63) is 12.8 Å². The smallest absolute Gasteiger partial charge is 0.197 e. The maximum Gasteiger partial charge on any atom is 0.197 e. The molecule has 0 aliphatic heterocycles. The van der Waals surface area contributed by atoms with Crippen LogP contribution in [-0.4, -0.2) is 32.0 Å². The lowest BCUT2D eigenvalue weighted by Crippen LogP contribution is -2.32. The molecule has 3 heteroatoms. The van der Waals surface area contributed by atoms with Gasteiger partial charge in [-0.1, -0.05) is 34.3 Å². The molecular weight excluding hydrogens is 162 g/mol. The highest BCUT2D eigenvalue weighted by molar-refractivity contribution is 5.80. The maximum absolute atomic E-state index is 3.94. The molecule has 0 unspecified atom stereocenters. The Labute approximate surface area is 83.6 Å². The van der Waals surface area contributed by atoms with Crippen molar-refractivity contribution in [2.45, 2.75) is 27.7 Å². The molecule has 80 valence electrons. The molecule has 3 nitrogen and oxygen atoms in total. The second-order valence-corrected chi connectivity index (χ2v) is 1.59. The van der Waals surface area contributed by atoms with E-state index < -0.39 is 0 Å². The van der Waals surface area contributed by atoms with Crippen LogP contribution in [0.4, 0.5) is 0 Å². The van der Waals surface area contributed by atoms with E-state index in [0.717, 1.165) is 5.96 Å². The first-order chi connectivity index (χ1) is 6.26. The molecule has 0 atom stereocenters. The number of guanidine groups is 1. The van der Waals surface area contributed by atoms with Crippen molar-refractivity contribution in [3.8, 4) is 0 Å². The van der Waals surface area contributed by atoms with Crippen molar-refractivity contribution in [2.75, 3.05) is 21.1 Å². The molecule has 0 aliphatic carbocycles. The summed E-state index contributed by atoms with van der Waals surface area (Å²) in [5, 5.41) is 2.91. The van der Waals surface area contributed by atoms with Gasteiger partial charge in [-0.3, -0.25) is 4.99 Å². The van der Waals surface area contributed by atoms with Crippen molar-refractivity contribution in [2.24, 2.45) is 4.99 Å². The molecule has 0 aliphatic rings. The molecule has 0 aromatic heterocycles. The Hall–Kier alpha value is -0.990. The van der Waals surface area contributed by atoms with Crippen LogP contribution in [0.1, 0.15) is 27.7 Å². The van der Waals surface area contributed by atoms with Crippen LogP contribution in [0.15, 0.2) is 17.8 Å². The summed E-state index contributed by atoms with van der Waals surface area (Å²) < 4.78 is 0. The molecule has 0 bridgehead atoms. The van der Waals surface area contributed by atoms with Gasteiger partial charge in [0.2, 0.25) is 0 Å². The van der Waals surface area contributed by atoms with Gasteiger partial charge in [-0.2, -0.15) is 0 Å².